The minimum atomic E-state index is -0.328. The monoisotopic (exact) mass is 486 g/mol. The van der Waals surface area contributed by atoms with Gasteiger partial charge in [0.25, 0.3) is 5.91 Å². The largest absolute Gasteiger partial charge is 0.504 e. The number of esters is 1. The highest BCUT2D eigenvalue weighted by Crippen LogP contribution is 2.39. The summed E-state index contributed by atoms with van der Waals surface area (Å²) in [5, 5.41) is 22.3. The lowest BCUT2D eigenvalue weighted by molar-refractivity contribution is -0.143. The van der Waals surface area contributed by atoms with E-state index in [-0.39, 0.29) is 35.6 Å². The van der Waals surface area contributed by atoms with E-state index in [9.17, 15) is 24.6 Å². The van der Waals surface area contributed by atoms with Crippen LogP contribution in [0.15, 0.2) is 36.4 Å². The summed E-state index contributed by atoms with van der Waals surface area (Å²) >= 11 is 0. The Hall–Kier alpha value is -4.33. The molecule has 1 amide bonds. The molecule has 2 aliphatic rings. The Labute approximate surface area is 207 Å². The summed E-state index contributed by atoms with van der Waals surface area (Å²) < 4.78 is 5.07. The first-order valence-corrected chi connectivity index (χ1v) is 12.0. The molecule has 5 rings (SSSR count). The molecule has 8 heteroatoms. The van der Waals surface area contributed by atoms with E-state index >= 15 is 0 Å². The number of carbonyl (C=O) groups is 3. The maximum atomic E-state index is 12.9. The van der Waals surface area contributed by atoms with Crippen molar-refractivity contribution in [2.45, 2.75) is 39.0 Å². The van der Waals surface area contributed by atoms with Crippen LogP contribution in [0.5, 0.6) is 11.5 Å². The van der Waals surface area contributed by atoms with E-state index in [1.54, 1.807) is 19.1 Å². The molecule has 0 unspecified atom stereocenters. The van der Waals surface area contributed by atoms with E-state index < -0.39 is 0 Å². The van der Waals surface area contributed by atoms with Crippen LogP contribution in [-0.4, -0.2) is 39.5 Å². The van der Waals surface area contributed by atoms with Gasteiger partial charge in [-0.15, -0.1) is 0 Å². The van der Waals surface area contributed by atoms with Gasteiger partial charge in [-0.2, -0.15) is 0 Å². The zero-order valence-corrected chi connectivity index (χ0v) is 19.8. The van der Waals surface area contributed by atoms with Crippen LogP contribution in [0, 0.1) is 0 Å². The molecule has 1 aromatic heterocycles. The number of benzene rings is 2. The lowest BCUT2D eigenvalue weighted by Crippen LogP contribution is -2.12. The molecule has 0 radical (unpaired) electrons. The maximum Gasteiger partial charge on any atom is 0.306 e. The number of carbonyl (C=O) groups excluding carboxylic acids is 3. The second kappa shape index (κ2) is 9.37. The van der Waals surface area contributed by atoms with Crippen molar-refractivity contribution >= 4 is 35.0 Å². The fourth-order valence-electron chi connectivity index (χ4n) is 4.90. The number of aryl methyl sites for hydroxylation is 1. The number of aromatic hydroxyl groups is 2. The van der Waals surface area contributed by atoms with E-state index in [0.29, 0.717) is 53.1 Å². The topological polar surface area (TPSA) is 129 Å². The first kappa shape index (κ1) is 23.4. The number of anilines is 1. The molecule has 1 aliphatic carbocycles. The van der Waals surface area contributed by atoms with Crippen LogP contribution in [-0.2, 0) is 27.2 Å². The minimum Gasteiger partial charge on any atom is -0.504 e. The second-order valence-electron chi connectivity index (χ2n) is 8.93. The van der Waals surface area contributed by atoms with Crippen molar-refractivity contribution < 1.29 is 29.3 Å². The number of phenolic OH excluding ortho intramolecular Hbond substituents is 2. The number of hydrogen-bond acceptors (Lipinski definition) is 6. The van der Waals surface area contributed by atoms with Crippen molar-refractivity contribution in [2.75, 3.05) is 11.9 Å². The number of aromatic nitrogens is 1. The third kappa shape index (κ3) is 4.26. The molecule has 0 saturated heterocycles. The van der Waals surface area contributed by atoms with Crippen molar-refractivity contribution in [3.63, 3.8) is 0 Å². The summed E-state index contributed by atoms with van der Waals surface area (Å²) in [5.74, 6) is -0.978. The Kier molecular flexibility index (Phi) is 6.10. The van der Waals surface area contributed by atoms with Crippen LogP contribution in [0.1, 0.15) is 59.1 Å². The normalized spacial score (nSPS) is 15.5. The first-order chi connectivity index (χ1) is 17.4. The van der Waals surface area contributed by atoms with Crippen LogP contribution in [0.4, 0.5) is 5.69 Å². The van der Waals surface area contributed by atoms with Gasteiger partial charge in [0.2, 0.25) is 0 Å². The molecular formula is C28H26N2O6. The molecular weight excluding hydrogens is 460 g/mol. The third-order valence-corrected chi connectivity index (χ3v) is 6.61. The van der Waals surface area contributed by atoms with Crippen LogP contribution < -0.4 is 5.32 Å². The predicted octanol–water partition coefficient (Wildman–Crippen LogP) is 4.60. The quantitative estimate of drug-likeness (QED) is 0.229. The SMILES string of the molecule is CCOC(=O)CCc1c(/C=C2\C(=O)Nc3cc(-c4ccc(O)c(O)c4)ccc32)[nH]c2c1C(=O)CCC2. The molecule has 0 saturated carbocycles. The van der Waals surface area contributed by atoms with Crippen LogP contribution in [0.2, 0.25) is 0 Å². The number of Topliss-reactive ketones (excluding diaryl/α,β-unsaturated/α-hetero) is 1. The Morgan fingerprint density at radius 1 is 1.06 bits per heavy atom. The van der Waals surface area contributed by atoms with E-state index in [4.69, 9.17) is 4.74 Å². The molecule has 36 heavy (non-hydrogen) atoms. The predicted molar refractivity (Wildman–Crippen MR) is 135 cm³/mol. The number of amides is 1. The Morgan fingerprint density at radius 2 is 1.83 bits per heavy atom. The van der Waals surface area contributed by atoms with Gasteiger partial charge < -0.3 is 25.3 Å². The molecule has 2 heterocycles. The molecule has 2 aromatic carbocycles. The second-order valence-corrected chi connectivity index (χ2v) is 8.93. The first-order valence-electron chi connectivity index (χ1n) is 12.0. The van der Waals surface area contributed by atoms with E-state index in [2.05, 4.69) is 10.3 Å². The summed E-state index contributed by atoms with van der Waals surface area (Å²) in [7, 11) is 0. The lowest BCUT2D eigenvalue weighted by atomic mass is 9.91. The molecule has 0 spiro atoms. The number of ether oxygens (including phenoxy) is 1. The Balaban J connectivity index is 1.52. The molecule has 3 aromatic rings. The average Bonchev–Trinajstić information content (AvgIpc) is 3.36. The van der Waals surface area contributed by atoms with Gasteiger partial charge in [0.15, 0.2) is 17.3 Å². The number of fused-ring (bicyclic) bond motifs is 2. The third-order valence-electron chi connectivity index (χ3n) is 6.61. The van der Waals surface area contributed by atoms with Gasteiger partial charge in [0, 0.05) is 41.0 Å². The number of rotatable bonds is 6. The number of H-pyrrole nitrogens is 1. The van der Waals surface area contributed by atoms with Crippen LogP contribution in [0.3, 0.4) is 0 Å². The fourth-order valence-corrected chi connectivity index (χ4v) is 4.90. The van der Waals surface area contributed by atoms with Crippen molar-refractivity contribution in [3.8, 4) is 22.6 Å². The zero-order chi connectivity index (χ0) is 25.4. The summed E-state index contributed by atoms with van der Waals surface area (Å²) in [6.45, 7) is 2.05. The van der Waals surface area contributed by atoms with E-state index in [1.807, 2.05) is 18.2 Å². The number of phenols is 2. The summed E-state index contributed by atoms with van der Waals surface area (Å²) in [5.41, 5.74) is 6.12. The standard InChI is InChI=1S/C28H26N2O6/c1-2-36-26(34)11-9-18-22(29-20-4-3-5-24(32)27(18)20)14-19-17-8-6-15(12-21(17)30-28(19)35)16-7-10-23(31)25(33)13-16/h6-8,10,12-14,29,31,33H,2-5,9,11H2,1H3,(H,30,35)/b19-14-. The molecule has 0 bridgehead atoms. The van der Waals surface area contributed by atoms with Crippen molar-refractivity contribution in [1.82, 2.24) is 4.98 Å². The lowest BCUT2D eigenvalue weighted by Gasteiger charge is -2.11. The van der Waals surface area contributed by atoms with E-state index in [0.717, 1.165) is 29.7 Å². The molecule has 0 fully saturated rings. The van der Waals surface area contributed by atoms with Gasteiger partial charge in [0.1, 0.15) is 0 Å². The number of ketones is 1. The summed E-state index contributed by atoms with van der Waals surface area (Å²) in [6.07, 6.45) is 4.20. The van der Waals surface area contributed by atoms with Crippen molar-refractivity contribution in [1.29, 1.82) is 0 Å². The Morgan fingerprint density at radius 3 is 2.61 bits per heavy atom. The fraction of sp³-hybridized carbons (Fsp3) is 0.250. The average molecular weight is 487 g/mol. The van der Waals surface area contributed by atoms with Gasteiger partial charge in [-0.05, 0) is 67.2 Å². The van der Waals surface area contributed by atoms with Crippen molar-refractivity contribution in [2.24, 2.45) is 0 Å². The van der Waals surface area contributed by atoms with Crippen molar-refractivity contribution in [3.05, 3.63) is 64.5 Å². The smallest absolute Gasteiger partial charge is 0.306 e. The Bertz CT molecular complexity index is 1430. The number of aromatic amines is 1. The summed E-state index contributed by atoms with van der Waals surface area (Å²) in [4.78, 5) is 41.0. The van der Waals surface area contributed by atoms with Gasteiger partial charge in [-0.3, -0.25) is 14.4 Å². The van der Waals surface area contributed by atoms with Gasteiger partial charge in [-0.25, -0.2) is 0 Å². The van der Waals surface area contributed by atoms with Gasteiger partial charge >= 0.3 is 5.97 Å². The minimum absolute atomic E-state index is 0.0501. The number of nitrogens with one attached hydrogen (secondary N) is 2. The molecule has 184 valence electrons. The highest BCUT2D eigenvalue weighted by molar-refractivity contribution is 6.35. The van der Waals surface area contributed by atoms with Crippen LogP contribution in [0.25, 0.3) is 22.8 Å². The molecule has 1 aliphatic heterocycles. The van der Waals surface area contributed by atoms with Crippen LogP contribution >= 0.6 is 0 Å². The zero-order valence-electron chi connectivity index (χ0n) is 19.8. The number of hydrogen-bond donors (Lipinski definition) is 4. The highest BCUT2D eigenvalue weighted by atomic mass is 16.5. The van der Waals surface area contributed by atoms with Gasteiger partial charge in [-0.1, -0.05) is 18.2 Å². The highest BCUT2D eigenvalue weighted by Gasteiger charge is 2.29. The molecule has 4 N–H and O–H groups in total. The maximum absolute atomic E-state index is 12.9. The molecule has 8 nitrogen and oxygen atoms in total. The molecule has 0 atom stereocenters. The summed E-state index contributed by atoms with van der Waals surface area (Å²) in [6, 6.07) is 10.0. The van der Waals surface area contributed by atoms with Gasteiger partial charge in [0.05, 0.1) is 12.2 Å². The van der Waals surface area contributed by atoms with E-state index in [1.165, 1.54) is 12.1 Å².